The maximum absolute atomic E-state index is 4.54. The molecule has 1 aromatic heterocycles. The van der Waals surface area contributed by atoms with Crippen LogP contribution in [0.25, 0.3) is 0 Å². The third-order valence-corrected chi connectivity index (χ3v) is 3.40. The third-order valence-electron chi connectivity index (χ3n) is 2.49. The summed E-state index contributed by atoms with van der Waals surface area (Å²) in [5, 5.41) is 5.61. The number of hydrogen-bond donors (Lipinski definition) is 0. The van der Waals surface area contributed by atoms with Crippen molar-refractivity contribution in [2.24, 2.45) is 5.92 Å². The Hall–Kier alpha value is -0.310. The highest BCUT2D eigenvalue weighted by Crippen LogP contribution is 2.14. The van der Waals surface area contributed by atoms with Crippen LogP contribution in [0.3, 0.4) is 0 Å². The molecule has 0 spiro atoms. The molecule has 2 nitrogen and oxygen atoms in total. The Bertz CT molecular complexity index is 264. The van der Waals surface area contributed by atoms with Gasteiger partial charge in [-0.2, -0.15) is 5.10 Å². The van der Waals surface area contributed by atoms with Gasteiger partial charge in [0.2, 0.25) is 0 Å². The zero-order chi connectivity index (χ0) is 10.6. The molecule has 0 N–H and O–H groups in total. The molecule has 1 aromatic rings. The van der Waals surface area contributed by atoms with Crippen molar-refractivity contribution >= 4 is 15.9 Å². The molecule has 0 aliphatic rings. The molecular formula is C11H19BrN2. The van der Waals surface area contributed by atoms with E-state index >= 15 is 0 Å². The Morgan fingerprint density at radius 1 is 1.50 bits per heavy atom. The smallest absolute Gasteiger partial charge is 0.0627 e. The van der Waals surface area contributed by atoms with Gasteiger partial charge >= 0.3 is 0 Å². The fourth-order valence-electron chi connectivity index (χ4n) is 1.38. The molecule has 0 radical (unpaired) electrons. The lowest BCUT2D eigenvalue weighted by Gasteiger charge is -2.09. The Kier molecular flexibility index (Phi) is 4.66. The van der Waals surface area contributed by atoms with Crippen LogP contribution in [-0.4, -0.2) is 15.1 Å². The molecule has 1 unspecified atom stereocenters. The molecule has 0 aliphatic carbocycles. The first-order chi connectivity index (χ1) is 6.67. The van der Waals surface area contributed by atoms with Crippen LogP contribution in [0, 0.1) is 5.92 Å². The molecule has 0 aromatic carbocycles. The molecule has 80 valence electrons. The van der Waals surface area contributed by atoms with Crippen LogP contribution in [0.15, 0.2) is 12.3 Å². The highest BCUT2D eigenvalue weighted by molar-refractivity contribution is 9.09. The minimum Gasteiger partial charge on any atom is -0.270 e. The molecule has 1 atom stereocenters. The van der Waals surface area contributed by atoms with Crippen molar-refractivity contribution in [1.29, 1.82) is 0 Å². The summed E-state index contributed by atoms with van der Waals surface area (Å²) in [5.41, 5.74) is 1.21. The second kappa shape index (κ2) is 5.54. The molecule has 0 bridgehead atoms. The summed E-state index contributed by atoms with van der Waals surface area (Å²) in [7, 11) is 0. The van der Waals surface area contributed by atoms with Gasteiger partial charge in [-0.3, -0.25) is 4.68 Å². The quantitative estimate of drug-likeness (QED) is 0.741. The number of rotatable bonds is 5. The van der Waals surface area contributed by atoms with Crippen LogP contribution in [0.4, 0.5) is 0 Å². The Morgan fingerprint density at radius 2 is 2.21 bits per heavy atom. The van der Waals surface area contributed by atoms with Crippen LogP contribution in [0.1, 0.15) is 38.9 Å². The average Bonchev–Trinajstić information content (AvgIpc) is 2.62. The normalized spacial score (nSPS) is 13.5. The molecule has 1 heterocycles. The second-order valence-electron chi connectivity index (χ2n) is 4.01. The van der Waals surface area contributed by atoms with Crippen molar-refractivity contribution in [2.75, 3.05) is 5.33 Å². The average molecular weight is 259 g/mol. The molecule has 0 saturated carbocycles. The van der Waals surface area contributed by atoms with Gasteiger partial charge in [0.05, 0.1) is 5.69 Å². The van der Waals surface area contributed by atoms with Crippen molar-refractivity contribution in [3.63, 3.8) is 0 Å². The van der Waals surface area contributed by atoms with E-state index < -0.39 is 0 Å². The van der Waals surface area contributed by atoms with Gasteiger partial charge in [-0.25, -0.2) is 0 Å². The first kappa shape index (κ1) is 11.8. The van der Waals surface area contributed by atoms with E-state index in [0.29, 0.717) is 12.0 Å². The first-order valence-corrected chi connectivity index (χ1v) is 6.39. The number of aromatic nitrogens is 2. The third kappa shape index (κ3) is 3.12. The van der Waals surface area contributed by atoms with Crippen molar-refractivity contribution in [2.45, 2.75) is 39.7 Å². The van der Waals surface area contributed by atoms with E-state index in [1.807, 2.05) is 4.68 Å². The molecule has 0 amide bonds. The second-order valence-corrected chi connectivity index (χ2v) is 4.66. The molecule has 1 rings (SSSR count). The Labute approximate surface area is 94.8 Å². The number of halogens is 1. The fraction of sp³-hybridized carbons (Fsp3) is 0.727. The Morgan fingerprint density at radius 3 is 2.64 bits per heavy atom. The predicted molar refractivity (Wildman–Crippen MR) is 63.9 cm³/mol. The van der Waals surface area contributed by atoms with Gasteiger partial charge in [0.25, 0.3) is 0 Å². The summed E-state index contributed by atoms with van der Waals surface area (Å²) in [6, 6.07) is 2.60. The van der Waals surface area contributed by atoms with Crippen LogP contribution in [0.2, 0.25) is 0 Å². The molecule has 0 saturated heterocycles. The van der Waals surface area contributed by atoms with Gasteiger partial charge in [0, 0.05) is 17.6 Å². The number of alkyl halides is 1. The number of nitrogens with zero attached hydrogens (tertiary/aromatic N) is 2. The summed E-state index contributed by atoms with van der Waals surface area (Å²) < 4.78 is 2.02. The van der Waals surface area contributed by atoms with Gasteiger partial charge in [0.15, 0.2) is 0 Å². The minimum atomic E-state index is 0.466. The van der Waals surface area contributed by atoms with Gasteiger partial charge in [0.1, 0.15) is 0 Å². The first-order valence-electron chi connectivity index (χ1n) is 5.27. The van der Waals surface area contributed by atoms with Crippen molar-refractivity contribution < 1.29 is 0 Å². The SMILES string of the molecule is CCC(CBr)Cc1ccn(C(C)C)n1. The largest absolute Gasteiger partial charge is 0.270 e. The van der Waals surface area contributed by atoms with E-state index in [4.69, 9.17) is 0 Å². The summed E-state index contributed by atoms with van der Waals surface area (Å²) in [4.78, 5) is 0. The van der Waals surface area contributed by atoms with E-state index in [2.05, 4.69) is 54.1 Å². The lowest BCUT2D eigenvalue weighted by atomic mass is 10.0. The van der Waals surface area contributed by atoms with E-state index in [1.54, 1.807) is 0 Å². The van der Waals surface area contributed by atoms with Crippen LogP contribution in [0.5, 0.6) is 0 Å². The van der Waals surface area contributed by atoms with Crippen LogP contribution in [-0.2, 0) is 6.42 Å². The number of hydrogen-bond acceptors (Lipinski definition) is 1. The van der Waals surface area contributed by atoms with Crippen molar-refractivity contribution in [3.05, 3.63) is 18.0 Å². The van der Waals surface area contributed by atoms with Gasteiger partial charge < -0.3 is 0 Å². The summed E-state index contributed by atoms with van der Waals surface area (Å²) in [5.74, 6) is 0.713. The van der Waals surface area contributed by atoms with Crippen molar-refractivity contribution in [3.8, 4) is 0 Å². The standard InChI is InChI=1S/C11H19BrN2/c1-4-10(8-12)7-11-5-6-14(13-11)9(2)3/h5-6,9-10H,4,7-8H2,1-3H3. The molecule has 3 heteroatoms. The molecule has 14 heavy (non-hydrogen) atoms. The predicted octanol–water partition coefficient (Wildman–Crippen LogP) is 3.43. The maximum Gasteiger partial charge on any atom is 0.0627 e. The van der Waals surface area contributed by atoms with Gasteiger partial charge in [-0.05, 0) is 32.3 Å². The van der Waals surface area contributed by atoms with E-state index in [1.165, 1.54) is 12.1 Å². The van der Waals surface area contributed by atoms with Crippen LogP contribution < -0.4 is 0 Å². The summed E-state index contributed by atoms with van der Waals surface area (Å²) in [6.07, 6.45) is 4.36. The lowest BCUT2D eigenvalue weighted by molar-refractivity contribution is 0.510. The lowest BCUT2D eigenvalue weighted by Crippen LogP contribution is -2.07. The monoisotopic (exact) mass is 258 g/mol. The highest BCUT2D eigenvalue weighted by Gasteiger charge is 2.08. The van der Waals surface area contributed by atoms with E-state index in [0.717, 1.165) is 11.8 Å². The van der Waals surface area contributed by atoms with Crippen LogP contribution >= 0.6 is 15.9 Å². The maximum atomic E-state index is 4.54. The van der Waals surface area contributed by atoms with Crippen molar-refractivity contribution in [1.82, 2.24) is 9.78 Å². The molecule has 0 fully saturated rings. The highest BCUT2D eigenvalue weighted by atomic mass is 79.9. The zero-order valence-corrected chi connectivity index (χ0v) is 10.8. The molecular weight excluding hydrogens is 240 g/mol. The summed E-state index contributed by atoms with van der Waals surface area (Å²) >= 11 is 3.53. The zero-order valence-electron chi connectivity index (χ0n) is 9.20. The Balaban J connectivity index is 2.58. The topological polar surface area (TPSA) is 17.8 Å². The van der Waals surface area contributed by atoms with E-state index in [9.17, 15) is 0 Å². The van der Waals surface area contributed by atoms with Gasteiger partial charge in [-0.15, -0.1) is 0 Å². The minimum absolute atomic E-state index is 0.466. The molecule has 0 aliphatic heterocycles. The fourth-order valence-corrected chi connectivity index (χ4v) is 2.06. The summed E-state index contributed by atoms with van der Waals surface area (Å²) in [6.45, 7) is 6.53. The van der Waals surface area contributed by atoms with E-state index in [-0.39, 0.29) is 0 Å². The van der Waals surface area contributed by atoms with Gasteiger partial charge in [-0.1, -0.05) is 29.3 Å².